The number of methoxy groups -OCH3 is 2. The van der Waals surface area contributed by atoms with Crippen molar-refractivity contribution in [3.05, 3.63) is 70.8 Å². The van der Waals surface area contributed by atoms with E-state index in [1.54, 1.807) is 24.3 Å². The Hall–Kier alpha value is -3.15. The van der Waals surface area contributed by atoms with E-state index in [0.717, 1.165) is 30.4 Å². The highest BCUT2D eigenvalue weighted by atomic mass is 16.5. The highest BCUT2D eigenvalue weighted by Crippen LogP contribution is 2.16. The van der Waals surface area contributed by atoms with Gasteiger partial charge in [-0.3, -0.25) is 4.79 Å². The van der Waals surface area contributed by atoms with Crippen LogP contribution in [-0.4, -0.2) is 37.0 Å². The maximum absolute atomic E-state index is 13.1. The molecule has 0 atom stereocenters. The third-order valence-electron chi connectivity index (χ3n) is 5.84. The maximum Gasteiger partial charge on any atom is 0.337 e. The Kier molecular flexibility index (Phi) is 11.9. The van der Waals surface area contributed by atoms with Gasteiger partial charge in [-0.2, -0.15) is 0 Å². The third kappa shape index (κ3) is 9.00. The van der Waals surface area contributed by atoms with Crippen molar-refractivity contribution in [2.75, 3.05) is 14.2 Å². The Bertz CT molecular complexity index is 844. The Morgan fingerprint density at radius 2 is 1.06 bits per heavy atom. The van der Waals surface area contributed by atoms with Crippen molar-refractivity contribution in [2.24, 2.45) is 0 Å². The van der Waals surface area contributed by atoms with Crippen molar-refractivity contribution < 1.29 is 23.9 Å². The van der Waals surface area contributed by atoms with Gasteiger partial charge in [0.2, 0.25) is 5.91 Å². The summed E-state index contributed by atoms with van der Waals surface area (Å²) in [5.74, 6) is -0.670. The number of hydrogen-bond acceptors (Lipinski definition) is 5. The maximum atomic E-state index is 13.1. The largest absolute Gasteiger partial charge is 0.465 e. The second-order valence-corrected chi connectivity index (χ2v) is 8.50. The molecular weight excluding hydrogens is 430 g/mol. The zero-order valence-electron chi connectivity index (χ0n) is 20.7. The molecule has 2 aromatic rings. The van der Waals surface area contributed by atoms with Gasteiger partial charge < -0.3 is 14.4 Å². The molecule has 0 spiro atoms. The van der Waals surface area contributed by atoms with E-state index in [1.807, 2.05) is 29.2 Å². The minimum Gasteiger partial charge on any atom is -0.465 e. The molecule has 34 heavy (non-hydrogen) atoms. The van der Waals surface area contributed by atoms with Crippen LogP contribution in [0.25, 0.3) is 0 Å². The van der Waals surface area contributed by atoms with Crippen molar-refractivity contribution in [3.63, 3.8) is 0 Å². The number of esters is 2. The molecule has 0 aliphatic carbocycles. The average Bonchev–Trinajstić information content (AvgIpc) is 2.87. The summed E-state index contributed by atoms with van der Waals surface area (Å²) in [5, 5.41) is 0. The fraction of sp³-hybridized carbons (Fsp3) is 0.464. The van der Waals surface area contributed by atoms with E-state index in [9.17, 15) is 14.4 Å². The smallest absolute Gasteiger partial charge is 0.337 e. The summed E-state index contributed by atoms with van der Waals surface area (Å²) in [6, 6.07) is 14.2. The van der Waals surface area contributed by atoms with Crippen molar-refractivity contribution in [1.82, 2.24) is 4.90 Å². The highest BCUT2D eigenvalue weighted by molar-refractivity contribution is 5.89. The number of ether oxygens (including phenoxy) is 2. The number of carbonyl (C=O) groups excluding carboxylic acids is 3. The molecule has 184 valence electrons. The predicted molar refractivity (Wildman–Crippen MR) is 132 cm³/mol. The zero-order chi connectivity index (χ0) is 24.8. The van der Waals surface area contributed by atoms with Gasteiger partial charge in [-0.15, -0.1) is 0 Å². The molecule has 0 unspecified atom stereocenters. The fourth-order valence-electron chi connectivity index (χ4n) is 3.79. The summed E-state index contributed by atoms with van der Waals surface area (Å²) < 4.78 is 9.52. The summed E-state index contributed by atoms with van der Waals surface area (Å²) >= 11 is 0. The SMILES string of the molecule is CCCCCCCCCC(=O)N(Cc1ccc(C(=O)OC)cc1)Cc1ccc(C(=O)OC)cc1. The molecule has 1 amide bonds. The Balaban J connectivity index is 2.04. The molecule has 0 saturated heterocycles. The van der Waals surface area contributed by atoms with Crippen LogP contribution in [0.4, 0.5) is 0 Å². The van der Waals surface area contributed by atoms with Gasteiger partial charge in [0.25, 0.3) is 0 Å². The lowest BCUT2D eigenvalue weighted by atomic mass is 10.1. The molecule has 0 aliphatic heterocycles. The van der Waals surface area contributed by atoms with E-state index in [-0.39, 0.29) is 17.8 Å². The van der Waals surface area contributed by atoms with Crippen LogP contribution in [0.1, 0.15) is 90.1 Å². The summed E-state index contributed by atoms with van der Waals surface area (Å²) in [6.45, 7) is 3.09. The standard InChI is InChI=1S/C28H37NO5/c1-4-5-6-7-8-9-10-11-26(30)29(20-22-12-16-24(17-13-22)27(31)33-2)21-23-14-18-25(19-15-23)28(32)34-3/h12-19H,4-11,20-21H2,1-3H3. The van der Waals surface area contributed by atoms with Crippen LogP contribution in [0, 0.1) is 0 Å². The van der Waals surface area contributed by atoms with E-state index in [2.05, 4.69) is 6.92 Å². The summed E-state index contributed by atoms with van der Waals surface area (Å²) in [4.78, 5) is 38.3. The highest BCUT2D eigenvalue weighted by Gasteiger charge is 2.16. The first kappa shape index (κ1) is 27.1. The number of nitrogens with zero attached hydrogens (tertiary/aromatic N) is 1. The first-order chi connectivity index (χ1) is 16.5. The molecule has 6 heteroatoms. The topological polar surface area (TPSA) is 72.9 Å². The van der Waals surface area contributed by atoms with Gasteiger partial charge in [0.1, 0.15) is 0 Å². The van der Waals surface area contributed by atoms with Gasteiger partial charge in [0, 0.05) is 19.5 Å². The Morgan fingerprint density at radius 1 is 0.647 bits per heavy atom. The van der Waals surface area contributed by atoms with Crippen LogP contribution in [-0.2, 0) is 27.4 Å². The molecule has 0 aromatic heterocycles. The minimum atomic E-state index is -0.385. The molecule has 0 fully saturated rings. The lowest BCUT2D eigenvalue weighted by Crippen LogP contribution is -2.30. The molecular formula is C28H37NO5. The van der Waals surface area contributed by atoms with Gasteiger partial charge in [-0.1, -0.05) is 69.7 Å². The number of amides is 1. The normalized spacial score (nSPS) is 10.6. The van der Waals surface area contributed by atoms with Gasteiger partial charge in [-0.25, -0.2) is 9.59 Å². The second kappa shape index (κ2) is 14.9. The van der Waals surface area contributed by atoms with Crippen LogP contribution in [0.15, 0.2) is 48.5 Å². The lowest BCUT2D eigenvalue weighted by Gasteiger charge is -2.23. The number of benzene rings is 2. The molecule has 2 aromatic carbocycles. The Morgan fingerprint density at radius 3 is 1.47 bits per heavy atom. The van der Waals surface area contributed by atoms with Gasteiger partial charge in [0.15, 0.2) is 0 Å². The number of rotatable bonds is 14. The number of hydrogen-bond donors (Lipinski definition) is 0. The van der Waals surface area contributed by atoms with Crippen LogP contribution < -0.4 is 0 Å². The van der Waals surface area contributed by atoms with Gasteiger partial charge in [0.05, 0.1) is 25.3 Å². The predicted octanol–water partition coefficient (Wildman–Crippen LogP) is 5.93. The van der Waals surface area contributed by atoms with Crippen molar-refractivity contribution in [2.45, 2.75) is 71.4 Å². The van der Waals surface area contributed by atoms with E-state index < -0.39 is 0 Å². The first-order valence-electron chi connectivity index (χ1n) is 12.1. The molecule has 0 N–H and O–H groups in total. The molecule has 0 bridgehead atoms. The van der Waals surface area contributed by atoms with Crippen LogP contribution in [0.3, 0.4) is 0 Å². The van der Waals surface area contributed by atoms with Gasteiger partial charge >= 0.3 is 11.9 Å². The molecule has 2 rings (SSSR count). The molecule has 0 radical (unpaired) electrons. The fourth-order valence-corrected chi connectivity index (χ4v) is 3.79. The lowest BCUT2D eigenvalue weighted by molar-refractivity contribution is -0.132. The van der Waals surface area contributed by atoms with Gasteiger partial charge in [-0.05, 0) is 41.8 Å². The monoisotopic (exact) mass is 467 g/mol. The van der Waals surface area contributed by atoms with E-state index >= 15 is 0 Å². The minimum absolute atomic E-state index is 0.0997. The zero-order valence-corrected chi connectivity index (χ0v) is 20.7. The van der Waals surface area contributed by atoms with Crippen LogP contribution >= 0.6 is 0 Å². The van der Waals surface area contributed by atoms with Crippen molar-refractivity contribution in [3.8, 4) is 0 Å². The Labute approximate surface area is 203 Å². The van der Waals surface area contributed by atoms with Crippen molar-refractivity contribution in [1.29, 1.82) is 0 Å². The first-order valence-corrected chi connectivity index (χ1v) is 12.1. The molecule has 0 saturated carbocycles. The average molecular weight is 468 g/mol. The van der Waals surface area contributed by atoms with Crippen LogP contribution in [0.5, 0.6) is 0 Å². The summed E-state index contributed by atoms with van der Waals surface area (Å²) in [7, 11) is 2.71. The third-order valence-corrected chi connectivity index (χ3v) is 5.84. The van der Waals surface area contributed by atoms with Crippen LogP contribution in [0.2, 0.25) is 0 Å². The summed E-state index contributed by atoms with van der Waals surface area (Å²) in [6.07, 6.45) is 8.61. The van der Waals surface area contributed by atoms with E-state index in [4.69, 9.17) is 9.47 Å². The number of carbonyl (C=O) groups is 3. The van der Waals surface area contributed by atoms with E-state index in [0.29, 0.717) is 30.6 Å². The second-order valence-electron chi connectivity index (χ2n) is 8.50. The molecule has 0 heterocycles. The quantitative estimate of drug-likeness (QED) is 0.254. The molecule has 6 nitrogen and oxygen atoms in total. The number of unbranched alkanes of at least 4 members (excludes halogenated alkanes) is 6. The molecule has 0 aliphatic rings. The summed E-state index contributed by atoms with van der Waals surface area (Å²) in [5.41, 5.74) is 2.83. The van der Waals surface area contributed by atoms with E-state index in [1.165, 1.54) is 39.9 Å². The van der Waals surface area contributed by atoms with Crippen molar-refractivity contribution >= 4 is 17.8 Å².